The number of aromatic hydroxyl groups is 1. The summed E-state index contributed by atoms with van der Waals surface area (Å²) in [4.78, 5) is 30.0. The molecule has 0 saturated carbocycles. The minimum Gasteiger partial charge on any atom is -0.504 e. The number of aliphatic imine (C=N–C) groups is 1. The number of carbonyl (C=O) groups is 2. The lowest BCUT2D eigenvalue weighted by atomic mass is 9.74. The number of phenols is 1. The fourth-order valence-electron chi connectivity index (χ4n) is 4.21. The lowest BCUT2D eigenvalue weighted by Gasteiger charge is -2.33. The van der Waals surface area contributed by atoms with Gasteiger partial charge in [-0.1, -0.05) is 30.0 Å². The molecule has 34 heavy (non-hydrogen) atoms. The molecule has 1 aliphatic carbocycles. The molecule has 174 valence electrons. The maximum atomic E-state index is 13.9. The van der Waals surface area contributed by atoms with Crippen molar-refractivity contribution in [3.8, 4) is 17.6 Å². The lowest BCUT2D eigenvalue weighted by Crippen LogP contribution is -2.31. The van der Waals surface area contributed by atoms with Crippen LogP contribution in [0.15, 0.2) is 58.7 Å². The number of methoxy groups -OCH3 is 1. The number of thioether (sulfide) groups is 1. The van der Waals surface area contributed by atoms with Crippen molar-refractivity contribution in [2.24, 2.45) is 10.9 Å². The molecule has 0 saturated heterocycles. The standard InChI is InChI=1S/C25H22FN3O4S/c1-33-21-11-14(9-10-19(21)30)23-15(12-27)25(29-18-7-4-8-20(31)24(18)23)34-13-22(32)28-17-6-3-2-5-16(17)26/h2-3,5-6,9-11,15,23,30H,4,7-8,13H2,1H3,(H,28,32)/t15?,23-/m1/s1. The highest BCUT2D eigenvalue weighted by Crippen LogP contribution is 2.46. The summed E-state index contributed by atoms with van der Waals surface area (Å²) in [6, 6.07) is 12.9. The van der Waals surface area contributed by atoms with Gasteiger partial charge in [-0.2, -0.15) is 5.26 Å². The van der Waals surface area contributed by atoms with E-state index in [-0.39, 0.29) is 28.7 Å². The van der Waals surface area contributed by atoms with Gasteiger partial charge in [-0.3, -0.25) is 9.59 Å². The molecule has 9 heteroatoms. The van der Waals surface area contributed by atoms with E-state index in [0.29, 0.717) is 41.1 Å². The number of nitriles is 1. The van der Waals surface area contributed by atoms with Gasteiger partial charge in [-0.15, -0.1) is 0 Å². The number of Topliss-reactive ketones (excluding diaryl/α,β-unsaturated/α-hetero) is 1. The number of benzene rings is 2. The van der Waals surface area contributed by atoms with Gasteiger partial charge < -0.3 is 15.2 Å². The van der Waals surface area contributed by atoms with Gasteiger partial charge in [0.25, 0.3) is 0 Å². The molecule has 0 bridgehead atoms. The average Bonchev–Trinajstić information content (AvgIpc) is 2.84. The second kappa shape index (κ2) is 10.1. The van der Waals surface area contributed by atoms with Crippen LogP contribution in [0.25, 0.3) is 0 Å². The van der Waals surface area contributed by atoms with Crippen LogP contribution in [0.5, 0.6) is 11.5 Å². The number of nitrogens with zero attached hydrogens (tertiary/aromatic N) is 2. The zero-order valence-electron chi connectivity index (χ0n) is 18.4. The topological polar surface area (TPSA) is 112 Å². The van der Waals surface area contributed by atoms with Gasteiger partial charge in [0, 0.05) is 23.6 Å². The molecule has 1 amide bonds. The third-order valence-corrected chi connectivity index (χ3v) is 6.83. The van der Waals surface area contributed by atoms with E-state index in [9.17, 15) is 24.3 Å². The van der Waals surface area contributed by atoms with E-state index in [0.717, 1.165) is 11.8 Å². The average molecular weight is 480 g/mol. The summed E-state index contributed by atoms with van der Waals surface area (Å²) in [5, 5.41) is 23.0. The zero-order valence-corrected chi connectivity index (χ0v) is 19.2. The van der Waals surface area contributed by atoms with E-state index >= 15 is 0 Å². The second-order valence-corrected chi connectivity index (χ2v) is 8.92. The molecular formula is C25H22FN3O4S. The molecule has 2 aliphatic rings. The number of carbonyl (C=O) groups excluding carboxylic acids is 2. The van der Waals surface area contributed by atoms with E-state index in [1.165, 1.54) is 31.4 Å². The maximum absolute atomic E-state index is 13.9. The van der Waals surface area contributed by atoms with Crippen LogP contribution < -0.4 is 10.1 Å². The van der Waals surface area contributed by atoms with Crippen LogP contribution >= 0.6 is 11.8 Å². The molecule has 1 aliphatic heterocycles. The Kier molecular flexibility index (Phi) is 6.98. The minimum absolute atomic E-state index is 0.0483. The number of hydrogen-bond acceptors (Lipinski definition) is 7. The number of para-hydroxylation sites is 1. The predicted molar refractivity (Wildman–Crippen MR) is 127 cm³/mol. The van der Waals surface area contributed by atoms with Crippen molar-refractivity contribution in [1.29, 1.82) is 5.26 Å². The van der Waals surface area contributed by atoms with Gasteiger partial charge >= 0.3 is 0 Å². The van der Waals surface area contributed by atoms with Crippen molar-refractivity contribution in [3.63, 3.8) is 0 Å². The summed E-state index contributed by atoms with van der Waals surface area (Å²) in [6.07, 6.45) is 1.64. The van der Waals surface area contributed by atoms with Crippen molar-refractivity contribution in [3.05, 3.63) is 65.1 Å². The Morgan fingerprint density at radius 2 is 2.12 bits per heavy atom. The van der Waals surface area contributed by atoms with Crippen molar-refractivity contribution >= 4 is 34.2 Å². The van der Waals surface area contributed by atoms with Gasteiger partial charge in [0.15, 0.2) is 17.3 Å². The van der Waals surface area contributed by atoms with Crippen molar-refractivity contribution < 1.29 is 23.8 Å². The SMILES string of the molecule is COc1cc([C@H]2C3=C(CCCC3=O)N=C(SCC(=O)Nc3ccccc3F)C2C#N)ccc1O. The summed E-state index contributed by atoms with van der Waals surface area (Å²) in [5.74, 6) is -2.32. The van der Waals surface area contributed by atoms with Gasteiger partial charge in [0.1, 0.15) is 11.7 Å². The quantitative estimate of drug-likeness (QED) is 0.651. The fraction of sp³-hybridized carbons (Fsp3) is 0.280. The minimum atomic E-state index is -0.804. The van der Waals surface area contributed by atoms with Crippen molar-refractivity contribution in [2.75, 3.05) is 18.2 Å². The van der Waals surface area contributed by atoms with Crippen LogP contribution in [0, 0.1) is 23.1 Å². The van der Waals surface area contributed by atoms with Crippen LogP contribution in [0.3, 0.4) is 0 Å². The summed E-state index contributed by atoms with van der Waals surface area (Å²) < 4.78 is 19.1. The number of hydrogen-bond donors (Lipinski definition) is 2. The molecule has 0 fully saturated rings. The molecular weight excluding hydrogens is 457 g/mol. The molecule has 2 atom stereocenters. The first-order valence-corrected chi connectivity index (χ1v) is 11.7. The molecule has 0 radical (unpaired) electrons. The first kappa shape index (κ1) is 23.5. The van der Waals surface area contributed by atoms with Crippen LogP contribution in [0.2, 0.25) is 0 Å². The summed E-state index contributed by atoms with van der Waals surface area (Å²) in [7, 11) is 1.43. The highest BCUT2D eigenvalue weighted by Gasteiger charge is 2.41. The molecule has 2 aromatic rings. The van der Waals surface area contributed by atoms with E-state index in [1.807, 2.05) is 0 Å². The van der Waals surface area contributed by atoms with Gasteiger partial charge in [0.2, 0.25) is 5.91 Å². The smallest absolute Gasteiger partial charge is 0.234 e. The number of anilines is 1. The zero-order chi connectivity index (χ0) is 24.2. The van der Waals surface area contributed by atoms with Crippen LogP contribution in [-0.4, -0.2) is 34.7 Å². The normalized spacial score (nSPS) is 19.7. The number of ketones is 1. The highest BCUT2D eigenvalue weighted by molar-refractivity contribution is 8.14. The van der Waals surface area contributed by atoms with E-state index < -0.39 is 23.6 Å². The molecule has 7 nitrogen and oxygen atoms in total. The number of rotatable bonds is 5. The summed E-state index contributed by atoms with van der Waals surface area (Å²) in [5.41, 5.74) is 1.85. The number of halogens is 1. The lowest BCUT2D eigenvalue weighted by molar-refractivity contribution is -0.116. The van der Waals surface area contributed by atoms with Crippen LogP contribution in [0.4, 0.5) is 10.1 Å². The Labute approximate surface area is 200 Å². The third kappa shape index (κ3) is 4.68. The molecule has 2 N–H and O–H groups in total. The monoisotopic (exact) mass is 479 g/mol. The van der Waals surface area contributed by atoms with E-state index in [1.54, 1.807) is 18.2 Å². The molecule has 4 rings (SSSR count). The Morgan fingerprint density at radius 3 is 2.85 bits per heavy atom. The first-order valence-electron chi connectivity index (χ1n) is 10.7. The maximum Gasteiger partial charge on any atom is 0.234 e. The summed E-state index contributed by atoms with van der Waals surface area (Å²) in [6.45, 7) is 0. The number of amides is 1. The van der Waals surface area contributed by atoms with Gasteiger partial charge in [-0.25, -0.2) is 9.38 Å². The molecule has 0 aromatic heterocycles. The Morgan fingerprint density at radius 1 is 1.32 bits per heavy atom. The van der Waals surface area contributed by atoms with Crippen LogP contribution in [-0.2, 0) is 9.59 Å². The van der Waals surface area contributed by atoms with Crippen LogP contribution in [0.1, 0.15) is 30.7 Å². The Hall–Kier alpha value is -3.64. The van der Waals surface area contributed by atoms with E-state index in [2.05, 4.69) is 16.4 Å². The van der Waals surface area contributed by atoms with Gasteiger partial charge in [0.05, 0.1) is 29.7 Å². The fourth-order valence-corrected chi connectivity index (χ4v) is 5.11. The van der Waals surface area contributed by atoms with E-state index in [4.69, 9.17) is 4.74 Å². The van der Waals surface area contributed by atoms with Crippen molar-refractivity contribution in [2.45, 2.75) is 25.2 Å². The number of phenolic OH excluding ortho intramolecular Hbond substituents is 1. The highest BCUT2D eigenvalue weighted by atomic mass is 32.2. The Balaban J connectivity index is 1.64. The number of allylic oxidation sites excluding steroid dienone is 2. The largest absolute Gasteiger partial charge is 0.504 e. The second-order valence-electron chi connectivity index (χ2n) is 7.92. The summed E-state index contributed by atoms with van der Waals surface area (Å²) >= 11 is 1.10. The van der Waals surface area contributed by atoms with Crippen molar-refractivity contribution in [1.82, 2.24) is 0 Å². The molecule has 0 spiro atoms. The predicted octanol–water partition coefficient (Wildman–Crippen LogP) is 4.55. The van der Waals surface area contributed by atoms with Gasteiger partial charge in [-0.05, 0) is 42.7 Å². The third-order valence-electron chi connectivity index (χ3n) is 5.79. The molecule has 2 aromatic carbocycles. The number of nitrogens with one attached hydrogen (secondary N) is 1. The molecule has 1 heterocycles. The number of ether oxygens (including phenoxy) is 1. The Bertz CT molecular complexity index is 1250. The first-order chi connectivity index (χ1) is 16.4. The molecule has 1 unspecified atom stereocenters.